The molecule has 0 aromatic heterocycles. The van der Waals surface area contributed by atoms with Crippen LogP contribution in [0.5, 0.6) is 0 Å². The summed E-state index contributed by atoms with van der Waals surface area (Å²) in [5.74, 6) is 1.21. The van der Waals surface area contributed by atoms with Gasteiger partial charge in [-0.3, -0.25) is 0 Å². The van der Waals surface area contributed by atoms with Crippen molar-refractivity contribution in [1.29, 1.82) is 0 Å². The van der Waals surface area contributed by atoms with E-state index < -0.39 is 10.0 Å². The molecule has 3 rings (SSSR count). The summed E-state index contributed by atoms with van der Waals surface area (Å²) in [6, 6.07) is 5.08. The van der Waals surface area contributed by atoms with Crippen molar-refractivity contribution in [2.24, 2.45) is 11.8 Å². The Bertz CT molecular complexity index is 618. The third-order valence-electron chi connectivity index (χ3n) is 4.41. The predicted molar refractivity (Wildman–Crippen MR) is 81.5 cm³/mol. The first-order chi connectivity index (χ1) is 9.43. The zero-order valence-corrected chi connectivity index (χ0v) is 13.3. The quantitative estimate of drug-likeness (QED) is 0.914. The summed E-state index contributed by atoms with van der Waals surface area (Å²) in [6.07, 6.45) is 4.59. The molecule has 2 aliphatic rings. The molecular formula is C14H17Cl2NO2S. The van der Waals surface area contributed by atoms with Crippen LogP contribution in [0, 0.1) is 11.8 Å². The molecule has 3 nitrogen and oxygen atoms in total. The van der Waals surface area contributed by atoms with Crippen LogP contribution in [0.4, 0.5) is 0 Å². The van der Waals surface area contributed by atoms with Crippen LogP contribution < -0.4 is 4.72 Å². The monoisotopic (exact) mass is 333 g/mol. The Kier molecular flexibility index (Phi) is 4.01. The second-order valence-electron chi connectivity index (χ2n) is 5.91. The Morgan fingerprint density at radius 1 is 1.15 bits per heavy atom. The molecule has 2 fully saturated rings. The highest BCUT2D eigenvalue weighted by molar-refractivity contribution is 7.88. The van der Waals surface area contributed by atoms with Crippen LogP contribution in [0.1, 0.15) is 31.2 Å². The fraction of sp³-hybridized carbons (Fsp3) is 0.571. The van der Waals surface area contributed by atoms with Gasteiger partial charge in [-0.25, -0.2) is 13.1 Å². The summed E-state index contributed by atoms with van der Waals surface area (Å²) < 4.78 is 27.3. The molecule has 20 heavy (non-hydrogen) atoms. The summed E-state index contributed by atoms with van der Waals surface area (Å²) in [6.45, 7) is 0. The molecule has 6 heteroatoms. The van der Waals surface area contributed by atoms with Gasteiger partial charge in [0.25, 0.3) is 0 Å². The van der Waals surface area contributed by atoms with Crippen molar-refractivity contribution in [3.05, 3.63) is 33.8 Å². The lowest BCUT2D eigenvalue weighted by Gasteiger charge is -2.22. The van der Waals surface area contributed by atoms with Gasteiger partial charge in [-0.1, -0.05) is 35.7 Å². The molecule has 0 aliphatic heterocycles. The van der Waals surface area contributed by atoms with E-state index in [1.165, 1.54) is 12.8 Å². The number of nitrogens with one attached hydrogen (secondary N) is 1. The van der Waals surface area contributed by atoms with Gasteiger partial charge in [0, 0.05) is 6.04 Å². The average molecular weight is 334 g/mol. The van der Waals surface area contributed by atoms with Crippen LogP contribution in [0.3, 0.4) is 0 Å². The zero-order valence-electron chi connectivity index (χ0n) is 11.0. The van der Waals surface area contributed by atoms with Crippen LogP contribution in [0.25, 0.3) is 0 Å². The van der Waals surface area contributed by atoms with Crippen molar-refractivity contribution >= 4 is 33.2 Å². The maximum Gasteiger partial charge on any atom is 0.216 e. The largest absolute Gasteiger partial charge is 0.216 e. The number of benzene rings is 1. The summed E-state index contributed by atoms with van der Waals surface area (Å²) >= 11 is 11.8. The standard InChI is InChI=1S/C14H17Cl2NO2S/c15-12-4-2-10(6-13(12)16)8-20(18,19)17-14-7-9-1-3-11(14)5-9/h2,4,6,9,11,14,17H,1,3,5,7-8H2/t9-,11-,14+/m1/s1. The molecular weight excluding hydrogens is 317 g/mol. The van der Waals surface area contributed by atoms with Crippen molar-refractivity contribution < 1.29 is 8.42 Å². The summed E-state index contributed by atoms with van der Waals surface area (Å²) in [7, 11) is -3.32. The van der Waals surface area contributed by atoms with Crippen molar-refractivity contribution in [2.45, 2.75) is 37.5 Å². The van der Waals surface area contributed by atoms with Crippen LogP contribution in [-0.2, 0) is 15.8 Å². The molecule has 0 spiro atoms. The smallest absolute Gasteiger partial charge is 0.212 e. The van der Waals surface area contributed by atoms with Gasteiger partial charge < -0.3 is 0 Å². The number of hydrogen-bond donors (Lipinski definition) is 1. The van der Waals surface area contributed by atoms with Crippen LogP contribution in [-0.4, -0.2) is 14.5 Å². The lowest BCUT2D eigenvalue weighted by atomic mass is 9.96. The van der Waals surface area contributed by atoms with Gasteiger partial charge in [-0.05, 0) is 48.8 Å². The highest BCUT2D eigenvalue weighted by atomic mass is 35.5. The lowest BCUT2D eigenvalue weighted by molar-refractivity contribution is 0.390. The van der Waals surface area contributed by atoms with E-state index in [1.54, 1.807) is 18.2 Å². The molecule has 0 radical (unpaired) electrons. The van der Waals surface area contributed by atoms with Crippen LogP contribution >= 0.6 is 23.2 Å². The van der Waals surface area contributed by atoms with Gasteiger partial charge in [-0.15, -0.1) is 0 Å². The van der Waals surface area contributed by atoms with E-state index in [2.05, 4.69) is 4.72 Å². The molecule has 0 heterocycles. The molecule has 2 aliphatic carbocycles. The predicted octanol–water partition coefficient (Wildman–Crippen LogP) is 3.60. The molecule has 1 aromatic carbocycles. The minimum absolute atomic E-state index is 0.0439. The van der Waals surface area contributed by atoms with Gasteiger partial charge in [0.15, 0.2) is 0 Å². The first kappa shape index (κ1) is 14.6. The summed E-state index contributed by atoms with van der Waals surface area (Å²) in [5.41, 5.74) is 0.662. The molecule has 0 saturated heterocycles. The van der Waals surface area contributed by atoms with Crippen molar-refractivity contribution in [3.8, 4) is 0 Å². The second kappa shape index (κ2) is 5.48. The molecule has 0 amide bonds. The zero-order chi connectivity index (χ0) is 14.3. The highest BCUT2D eigenvalue weighted by Crippen LogP contribution is 2.44. The van der Waals surface area contributed by atoms with Gasteiger partial charge in [0.2, 0.25) is 10.0 Å². The van der Waals surface area contributed by atoms with Gasteiger partial charge in [-0.2, -0.15) is 0 Å². The van der Waals surface area contributed by atoms with E-state index in [0.29, 0.717) is 21.5 Å². The topological polar surface area (TPSA) is 46.2 Å². The Balaban J connectivity index is 1.67. The molecule has 2 saturated carbocycles. The number of fused-ring (bicyclic) bond motifs is 2. The molecule has 110 valence electrons. The number of halogens is 2. The molecule has 1 aromatic rings. The van der Waals surface area contributed by atoms with Gasteiger partial charge in [0.1, 0.15) is 0 Å². The number of rotatable bonds is 4. The first-order valence-corrected chi connectivity index (χ1v) is 9.28. The lowest BCUT2D eigenvalue weighted by Crippen LogP contribution is -2.39. The molecule has 2 bridgehead atoms. The Hall–Kier alpha value is -0.290. The third kappa shape index (κ3) is 3.14. The Labute approximate surface area is 129 Å². The van der Waals surface area contributed by atoms with Crippen molar-refractivity contribution in [2.75, 3.05) is 0 Å². The van der Waals surface area contributed by atoms with E-state index >= 15 is 0 Å². The Morgan fingerprint density at radius 3 is 2.55 bits per heavy atom. The number of sulfonamides is 1. The maximum atomic E-state index is 12.2. The normalized spacial score (nSPS) is 29.0. The highest BCUT2D eigenvalue weighted by Gasteiger charge is 2.41. The molecule has 0 unspecified atom stereocenters. The average Bonchev–Trinajstić information content (AvgIpc) is 2.95. The van der Waals surface area contributed by atoms with Crippen LogP contribution in [0.15, 0.2) is 18.2 Å². The van der Waals surface area contributed by atoms with E-state index in [1.807, 2.05) is 0 Å². The fourth-order valence-corrected chi connectivity index (χ4v) is 5.28. The third-order valence-corrected chi connectivity index (χ3v) is 6.52. The van der Waals surface area contributed by atoms with Crippen LogP contribution in [0.2, 0.25) is 10.0 Å². The van der Waals surface area contributed by atoms with Crippen molar-refractivity contribution in [3.63, 3.8) is 0 Å². The minimum atomic E-state index is -3.32. The Morgan fingerprint density at radius 2 is 1.95 bits per heavy atom. The fourth-order valence-electron chi connectivity index (χ4n) is 3.51. The second-order valence-corrected chi connectivity index (χ2v) is 8.48. The van der Waals surface area contributed by atoms with Gasteiger partial charge >= 0.3 is 0 Å². The SMILES string of the molecule is O=S(=O)(Cc1ccc(Cl)c(Cl)c1)N[C@H]1C[C@@H]2CC[C@@H]1C2. The van der Waals surface area contributed by atoms with E-state index in [4.69, 9.17) is 23.2 Å². The van der Waals surface area contributed by atoms with Gasteiger partial charge in [0.05, 0.1) is 15.8 Å². The number of hydrogen-bond acceptors (Lipinski definition) is 2. The minimum Gasteiger partial charge on any atom is -0.212 e. The molecule has 3 atom stereocenters. The summed E-state index contributed by atoms with van der Waals surface area (Å²) in [4.78, 5) is 0. The maximum absolute atomic E-state index is 12.2. The first-order valence-electron chi connectivity index (χ1n) is 6.87. The van der Waals surface area contributed by atoms with E-state index in [9.17, 15) is 8.42 Å². The van der Waals surface area contributed by atoms with Crippen molar-refractivity contribution in [1.82, 2.24) is 4.72 Å². The molecule has 1 N–H and O–H groups in total. The van der Waals surface area contributed by atoms with E-state index in [-0.39, 0.29) is 11.8 Å². The summed E-state index contributed by atoms with van der Waals surface area (Å²) in [5, 5.41) is 0.827. The van der Waals surface area contributed by atoms with E-state index in [0.717, 1.165) is 18.8 Å².